The van der Waals surface area contributed by atoms with E-state index < -0.39 is 179 Å². The fourth-order valence-electron chi connectivity index (χ4n) is 17.5. The van der Waals surface area contributed by atoms with Gasteiger partial charge in [0.1, 0.15) is 0 Å². The Morgan fingerprint density at radius 2 is 0.387 bits per heavy atom. The van der Waals surface area contributed by atoms with E-state index in [-0.39, 0.29) is 88.5 Å². The molecule has 0 aliphatic carbocycles. The molecular weight excluding hydrogens is 2370 g/mol. The first kappa shape index (κ1) is 110. The van der Waals surface area contributed by atoms with Crippen molar-refractivity contribution in [3.8, 4) is 18.2 Å². The van der Waals surface area contributed by atoms with Crippen LogP contribution in [0.25, 0.3) is 4.85 Å². The second-order valence-electron chi connectivity index (χ2n) is 31.3. The van der Waals surface area contributed by atoms with Crippen LogP contribution in [0.3, 0.4) is 0 Å². The van der Waals surface area contributed by atoms with Crippen LogP contribution in [0.15, 0.2) is 243 Å². The summed E-state index contributed by atoms with van der Waals surface area (Å²) in [7, 11) is 0. The Morgan fingerprint density at radius 1 is 0.246 bits per heavy atom. The van der Waals surface area contributed by atoms with Crippen LogP contribution in [0.1, 0.15) is 16.7 Å². The second kappa shape index (κ2) is 45.0. The molecule has 142 heavy (non-hydrogen) atoms. The van der Waals surface area contributed by atoms with Crippen LogP contribution in [0.4, 0.5) is 94.3 Å². The summed E-state index contributed by atoms with van der Waals surface area (Å²) < 4.78 is 215. The summed E-state index contributed by atoms with van der Waals surface area (Å²) in [5.74, 6) is -44.4. The molecule has 0 aliphatic heterocycles. The second-order valence-corrected chi connectivity index (χ2v) is 72.9. The Hall–Kier alpha value is -11.2. The van der Waals surface area contributed by atoms with Crippen molar-refractivity contribution in [3.63, 3.8) is 0 Å². The van der Waals surface area contributed by atoms with Crippen LogP contribution in [0.5, 0.6) is 0 Å². The molecule has 0 saturated carbocycles. The van der Waals surface area contributed by atoms with E-state index in [1.807, 2.05) is 97.1 Å². The summed E-state index contributed by atoms with van der Waals surface area (Å²) in [5, 5.41) is 75.8. The number of nitriles is 3. The Labute approximate surface area is 864 Å². The predicted octanol–water partition coefficient (Wildman–Crippen LogP) is 21.7. The summed E-state index contributed by atoms with van der Waals surface area (Å²) in [5.41, 5.74) is 1.69. The van der Waals surface area contributed by atoms with E-state index in [2.05, 4.69) is 23.1 Å². The fourth-order valence-corrected chi connectivity index (χ4v) is 66.0. The number of halogens is 27. The topological polar surface area (TPSA) is 248 Å². The van der Waals surface area contributed by atoms with Crippen molar-refractivity contribution in [3.05, 3.63) is 459 Å². The minimum absolute atomic E-state index is 0.0728. The maximum atomic E-state index is 14.7. The van der Waals surface area contributed by atoms with Crippen LogP contribution in [-0.4, -0.2) is 79.8 Å². The average Bonchev–Trinajstić information content (AvgIpc) is 0.690. The number of non-ortho nitro benzene ring substituents is 4. The van der Waals surface area contributed by atoms with Gasteiger partial charge in [-0.1, -0.05) is 0 Å². The zero-order valence-corrected chi connectivity index (χ0v) is 89.2. The molecule has 0 N–H and O–H groups in total. The molecule has 0 saturated heterocycles. The molecule has 0 spiro atoms. The summed E-state index contributed by atoms with van der Waals surface area (Å²) in [4.78, 5) is 46.6. The molecule has 15 rings (SSSR count). The van der Waals surface area contributed by atoms with Gasteiger partial charge in [0.25, 0.3) is 0 Å². The molecule has 716 valence electrons. The van der Waals surface area contributed by atoms with Gasteiger partial charge in [-0.15, -0.1) is 0 Å². The zero-order chi connectivity index (χ0) is 104. The van der Waals surface area contributed by atoms with Gasteiger partial charge in [-0.05, 0) is 0 Å². The third-order valence-electron chi connectivity index (χ3n) is 24.0. The van der Waals surface area contributed by atoms with Crippen molar-refractivity contribution >= 4 is 290 Å². The van der Waals surface area contributed by atoms with Crippen LogP contribution in [0.2, 0.25) is 65.7 Å². The number of hydrogen-bond donors (Lipinski definition) is 0. The van der Waals surface area contributed by atoms with Crippen LogP contribution >= 0.6 is 139 Å². The Balaban J connectivity index is 0.000000169. The number of nitro benzene ring substituents is 4. The van der Waals surface area contributed by atoms with Gasteiger partial charge in [0.15, 0.2) is 0 Å². The van der Waals surface area contributed by atoms with Gasteiger partial charge in [0.2, 0.25) is 0 Å². The maximum absolute atomic E-state index is 14.7. The summed E-state index contributed by atoms with van der Waals surface area (Å²) >= 11 is 57.3. The van der Waals surface area contributed by atoms with Crippen LogP contribution in [0, 0.1) is 168 Å². The first-order valence-corrected chi connectivity index (χ1v) is 65.1. The number of benzene rings is 15. The van der Waals surface area contributed by atoms with E-state index in [1.165, 1.54) is 48.5 Å². The minimum atomic E-state index is -7.58. The van der Waals surface area contributed by atoms with Crippen molar-refractivity contribution in [2.45, 2.75) is 5.48 Å². The van der Waals surface area contributed by atoms with Crippen molar-refractivity contribution in [2.75, 3.05) is 0 Å². The molecule has 0 radical (unpaired) electrons. The fraction of sp³-hybridized carbons (Fsp3) is 0.0105. The van der Waals surface area contributed by atoms with Gasteiger partial charge in [-0.3, -0.25) is 0 Å². The van der Waals surface area contributed by atoms with E-state index in [9.17, 15) is 122 Å². The number of hydrogen-bond acceptors (Lipinski definition) is 11. The quantitative estimate of drug-likeness (QED) is 0.0140. The molecule has 15 aromatic carbocycles. The normalized spacial score (nSPS) is 11.3. The zero-order valence-electron chi connectivity index (χ0n) is 70.5. The van der Waals surface area contributed by atoms with E-state index in [0.717, 1.165) is 32.9 Å². The molecule has 0 atom stereocenters. The number of nitrogens with zero attached hydrogens (tertiary/aromatic N) is 8. The summed E-state index contributed by atoms with van der Waals surface area (Å²) in [6.45, 7) is 7.35. The Kier molecular flexibility index (Phi) is 34.7. The van der Waals surface area contributed by atoms with Gasteiger partial charge in [-0.25, -0.2) is 0 Å². The SMILES string of the molecule is Clc1c[c]([Ga-]([c]2cc(Cl)c(Cl)c(Cl)c2)([c]2cc(Cl)c(Cl)c(Cl)c2)[c]2cc(Cl)c(Cl)c(Cl)c2)cc(Cl)c1Cl.O=[N+]([O-])c1cc[c]([Ga-]([c]2ccc([N+](=O)[O-])cc2)([c]2ccc([N+](=O)[O-])cc2)[c]2ccc([N+](=O)[O-])cc2)cc1.[C-]#[N+]c1cc[c]([Ga-]([c]2ccc(C#N)cc2)([c]2ccc(C#N)cc2)[c]2ccc(C#N)cc2)cc1.[CH3][Ga-]([c]1c(F)c(F)c(F)c(F)c1F)([c]1c(F)c(F)c(F)c(F)c1F)[c]1c(F)c(F)c(F)c(F)c1F. The van der Waals surface area contributed by atoms with Gasteiger partial charge in [-0.2, -0.15) is 0 Å². The molecule has 47 heteroatoms. The van der Waals surface area contributed by atoms with Crippen LogP contribution in [-0.2, 0) is 0 Å². The van der Waals surface area contributed by atoms with E-state index in [4.69, 9.17) is 146 Å². The third-order valence-corrected chi connectivity index (χ3v) is 73.7. The van der Waals surface area contributed by atoms with Gasteiger partial charge >= 0.3 is 873 Å². The Bertz CT molecular complexity index is 6800. The molecule has 0 bridgehead atoms. The van der Waals surface area contributed by atoms with Gasteiger partial charge in [0, 0.05) is 0 Å². The van der Waals surface area contributed by atoms with E-state index in [0.29, 0.717) is 38.8 Å². The molecule has 16 nitrogen and oxygen atoms in total. The van der Waals surface area contributed by atoms with Crippen molar-refractivity contribution in [1.29, 1.82) is 15.8 Å². The first-order chi connectivity index (χ1) is 67.1. The summed E-state index contributed by atoms with van der Waals surface area (Å²) in [6.07, 6.45) is 0. The Morgan fingerprint density at radius 3 is 0.535 bits per heavy atom. The van der Waals surface area contributed by atoms with Gasteiger partial charge < -0.3 is 0 Å². The molecule has 0 heterocycles. The third kappa shape index (κ3) is 20.7. The molecule has 15 aromatic rings. The molecule has 0 amide bonds. The van der Waals surface area contributed by atoms with Crippen molar-refractivity contribution in [1.82, 2.24) is 0 Å². The predicted molar refractivity (Wildman–Crippen MR) is 527 cm³/mol. The molecular formula is C95H43Cl12F15Ga4N8O8-4. The van der Waals surface area contributed by atoms with Gasteiger partial charge in [0.05, 0.1) is 0 Å². The number of rotatable bonds is 19. The summed E-state index contributed by atoms with van der Waals surface area (Å²) in [6, 6.07) is 74.9. The molecule has 0 aliphatic rings. The van der Waals surface area contributed by atoms with E-state index >= 15 is 0 Å². The van der Waals surface area contributed by atoms with E-state index in [1.54, 1.807) is 97.1 Å². The molecule has 0 unspecified atom stereocenters. The molecule has 0 fully saturated rings. The first-order valence-electron chi connectivity index (χ1n) is 39.9. The number of nitro groups is 4. The average molecular weight is 2410 g/mol. The molecule has 0 aromatic heterocycles. The standard InChI is InChI=1S/4C7H4N.4C6H2Cl3.3C6F5.4C6H4NO2.CH3.4Ga/c1-8-7-5-3-2-4-6-7;3*8-6-7-4-2-1-3-5-7;4*7-4-2-1-3-5(8)6(4)9;3*7-2-1-3(8)5(10)6(11)4(2)9;4*8-7(9)6-4-2-1-3-5-6;;;;;/h3-6H;3*2-5H;4*2-3H;;;;4*2-5H;1H3;;;;/q;;;;;;;;;;;;;;;;4*-1. The van der Waals surface area contributed by atoms with Crippen LogP contribution < -0.4 is 61.8 Å². The monoisotopic (exact) mass is 2400 g/mol. The van der Waals surface area contributed by atoms with Crippen molar-refractivity contribution in [2.24, 2.45) is 0 Å². The van der Waals surface area contributed by atoms with Crippen molar-refractivity contribution < 1.29 is 85.5 Å².